The standard InChI is InChI=1S/C14H21N3O3/c1-9(2)7-17(8-13(16)18)10-4-5-12(15)11(6-10)14(19)20-3/h4-6,9H,7-8,15H2,1-3H3,(H2,16,18). The number of methoxy groups -OCH3 is 1. The first-order valence-corrected chi connectivity index (χ1v) is 6.36. The van der Waals surface area contributed by atoms with E-state index >= 15 is 0 Å². The second-order valence-electron chi connectivity index (χ2n) is 5.00. The molecule has 6 nitrogen and oxygen atoms in total. The first-order valence-electron chi connectivity index (χ1n) is 6.36. The molecule has 0 spiro atoms. The Kier molecular flexibility index (Phi) is 5.37. The number of nitrogens with two attached hydrogens (primary N) is 2. The number of nitrogens with zero attached hydrogens (tertiary/aromatic N) is 1. The first-order chi connectivity index (χ1) is 9.35. The summed E-state index contributed by atoms with van der Waals surface area (Å²) in [4.78, 5) is 24.6. The summed E-state index contributed by atoms with van der Waals surface area (Å²) in [5, 5.41) is 0. The topological polar surface area (TPSA) is 98.6 Å². The zero-order chi connectivity index (χ0) is 15.3. The van der Waals surface area contributed by atoms with Gasteiger partial charge in [-0.15, -0.1) is 0 Å². The number of carbonyl (C=O) groups excluding carboxylic acids is 2. The third kappa shape index (κ3) is 4.15. The molecule has 0 aromatic heterocycles. The molecular formula is C14H21N3O3. The van der Waals surface area contributed by atoms with Gasteiger partial charge in [0.15, 0.2) is 0 Å². The second-order valence-corrected chi connectivity index (χ2v) is 5.00. The number of esters is 1. The van der Waals surface area contributed by atoms with Gasteiger partial charge in [0, 0.05) is 17.9 Å². The largest absolute Gasteiger partial charge is 0.465 e. The third-order valence-corrected chi connectivity index (χ3v) is 2.74. The summed E-state index contributed by atoms with van der Waals surface area (Å²) >= 11 is 0. The Balaban J connectivity index is 3.13. The van der Waals surface area contributed by atoms with Crippen LogP contribution < -0.4 is 16.4 Å². The maximum absolute atomic E-state index is 11.6. The van der Waals surface area contributed by atoms with E-state index in [1.165, 1.54) is 7.11 Å². The maximum atomic E-state index is 11.6. The molecule has 1 amide bonds. The van der Waals surface area contributed by atoms with Crippen molar-refractivity contribution in [1.29, 1.82) is 0 Å². The van der Waals surface area contributed by atoms with E-state index in [4.69, 9.17) is 11.5 Å². The van der Waals surface area contributed by atoms with Crippen LogP contribution in [0.25, 0.3) is 0 Å². The van der Waals surface area contributed by atoms with Crippen LogP contribution in [-0.4, -0.2) is 32.1 Å². The molecule has 1 aromatic rings. The van der Waals surface area contributed by atoms with E-state index < -0.39 is 11.9 Å². The number of rotatable bonds is 6. The van der Waals surface area contributed by atoms with Crippen LogP contribution in [-0.2, 0) is 9.53 Å². The molecular weight excluding hydrogens is 258 g/mol. The third-order valence-electron chi connectivity index (χ3n) is 2.74. The molecule has 0 aliphatic carbocycles. The lowest BCUT2D eigenvalue weighted by Gasteiger charge is -2.26. The van der Waals surface area contributed by atoms with E-state index in [2.05, 4.69) is 4.74 Å². The lowest BCUT2D eigenvalue weighted by molar-refractivity contribution is -0.116. The van der Waals surface area contributed by atoms with E-state index in [9.17, 15) is 9.59 Å². The molecule has 4 N–H and O–H groups in total. The highest BCUT2D eigenvalue weighted by atomic mass is 16.5. The fraction of sp³-hybridized carbons (Fsp3) is 0.429. The number of primary amides is 1. The molecule has 0 atom stereocenters. The number of carbonyl (C=O) groups is 2. The Morgan fingerprint density at radius 1 is 1.35 bits per heavy atom. The number of hydrogen-bond acceptors (Lipinski definition) is 5. The summed E-state index contributed by atoms with van der Waals surface area (Å²) in [7, 11) is 1.30. The molecule has 0 saturated carbocycles. The molecule has 0 bridgehead atoms. The van der Waals surface area contributed by atoms with Gasteiger partial charge in [-0.3, -0.25) is 4.79 Å². The fourth-order valence-corrected chi connectivity index (χ4v) is 1.92. The van der Waals surface area contributed by atoms with Crippen LogP contribution >= 0.6 is 0 Å². The van der Waals surface area contributed by atoms with Crippen molar-refractivity contribution in [2.45, 2.75) is 13.8 Å². The van der Waals surface area contributed by atoms with Crippen molar-refractivity contribution in [3.63, 3.8) is 0 Å². The summed E-state index contributed by atoms with van der Waals surface area (Å²) in [6, 6.07) is 5.00. The lowest BCUT2D eigenvalue weighted by Crippen LogP contribution is -2.36. The minimum Gasteiger partial charge on any atom is -0.465 e. The lowest BCUT2D eigenvalue weighted by atomic mass is 10.1. The van der Waals surface area contributed by atoms with Crippen molar-refractivity contribution in [2.24, 2.45) is 11.7 Å². The SMILES string of the molecule is COC(=O)c1cc(N(CC(N)=O)CC(C)C)ccc1N. The Morgan fingerprint density at radius 3 is 2.50 bits per heavy atom. The van der Waals surface area contributed by atoms with Crippen LogP contribution in [0.3, 0.4) is 0 Å². The number of nitrogen functional groups attached to an aromatic ring is 1. The summed E-state index contributed by atoms with van der Waals surface area (Å²) in [5.41, 5.74) is 12.4. The van der Waals surface area contributed by atoms with Crippen LogP contribution in [0.1, 0.15) is 24.2 Å². The minimum atomic E-state index is -0.507. The number of ether oxygens (including phenoxy) is 1. The quantitative estimate of drug-likeness (QED) is 0.598. The molecule has 0 unspecified atom stereocenters. The van der Waals surface area contributed by atoms with E-state index in [-0.39, 0.29) is 12.1 Å². The Morgan fingerprint density at radius 2 is 2.00 bits per heavy atom. The molecule has 20 heavy (non-hydrogen) atoms. The molecule has 0 radical (unpaired) electrons. The van der Waals surface area contributed by atoms with Crippen LogP contribution in [0.2, 0.25) is 0 Å². The van der Waals surface area contributed by atoms with E-state index in [1.54, 1.807) is 18.2 Å². The zero-order valence-corrected chi connectivity index (χ0v) is 12.1. The average molecular weight is 279 g/mol. The van der Waals surface area contributed by atoms with Crippen LogP contribution in [0, 0.1) is 5.92 Å². The summed E-state index contributed by atoms with van der Waals surface area (Å²) in [6.07, 6.45) is 0. The van der Waals surface area contributed by atoms with Crippen molar-refractivity contribution < 1.29 is 14.3 Å². The Hall–Kier alpha value is -2.24. The predicted octanol–water partition coefficient (Wildman–Crippen LogP) is 1.00. The van der Waals surface area contributed by atoms with Crippen LogP contribution in [0.5, 0.6) is 0 Å². The first kappa shape index (κ1) is 15.8. The highest BCUT2D eigenvalue weighted by Gasteiger charge is 2.16. The van der Waals surface area contributed by atoms with E-state index in [0.29, 0.717) is 23.8 Å². The highest BCUT2D eigenvalue weighted by molar-refractivity contribution is 5.96. The van der Waals surface area contributed by atoms with Gasteiger partial charge < -0.3 is 21.1 Å². The normalized spacial score (nSPS) is 10.4. The van der Waals surface area contributed by atoms with E-state index in [1.807, 2.05) is 18.7 Å². The van der Waals surface area contributed by atoms with Gasteiger partial charge in [-0.05, 0) is 24.1 Å². The van der Waals surface area contributed by atoms with Gasteiger partial charge in [-0.25, -0.2) is 4.79 Å². The van der Waals surface area contributed by atoms with Gasteiger partial charge in [-0.1, -0.05) is 13.8 Å². The summed E-state index contributed by atoms with van der Waals surface area (Å²) < 4.78 is 4.68. The number of hydrogen-bond donors (Lipinski definition) is 2. The average Bonchev–Trinajstić information content (AvgIpc) is 2.36. The molecule has 0 aliphatic heterocycles. The summed E-state index contributed by atoms with van der Waals surface area (Å²) in [6.45, 7) is 4.80. The number of anilines is 2. The van der Waals surface area contributed by atoms with E-state index in [0.717, 1.165) is 0 Å². The van der Waals surface area contributed by atoms with Gasteiger partial charge in [-0.2, -0.15) is 0 Å². The smallest absolute Gasteiger partial charge is 0.340 e. The van der Waals surface area contributed by atoms with Crippen LogP contribution in [0.4, 0.5) is 11.4 Å². The molecule has 0 fully saturated rings. The van der Waals surface area contributed by atoms with Gasteiger partial charge in [0.1, 0.15) is 0 Å². The Labute approximate surface area is 118 Å². The van der Waals surface area contributed by atoms with Gasteiger partial charge >= 0.3 is 5.97 Å². The molecule has 110 valence electrons. The minimum absolute atomic E-state index is 0.0860. The Bertz CT molecular complexity index is 500. The monoisotopic (exact) mass is 279 g/mol. The number of amides is 1. The van der Waals surface area contributed by atoms with Crippen molar-refractivity contribution >= 4 is 23.3 Å². The summed E-state index contributed by atoms with van der Waals surface area (Å²) in [5.74, 6) is -0.594. The zero-order valence-electron chi connectivity index (χ0n) is 12.1. The van der Waals surface area contributed by atoms with Gasteiger partial charge in [0.25, 0.3) is 0 Å². The maximum Gasteiger partial charge on any atom is 0.340 e. The fourth-order valence-electron chi connectivity index (χ4n) is 1.92. The molecule has 0 aliphatic rings. The van der Waals surface area contributed by atoms with Gasteiger partial charge in [0.2, 0.25) is 5.91 Å². The van der Waals surface area contributed by atoms with Crippen molar-refractivity contribution in [1.82, 2.24) is 0 Å². The van der Waals surface area contributed by atoms with Crippen molar-refractivity contribution in [3.05, 3.63) is 23.8 Å². The van der Waals surface area contributed by atoms with Crippen LogP contribution in [0.15, 0.2) is 18.2 Å². The van der Waals surface area contributed by atoms with Crippen molar-refractivity contribution in [3.8, 4) is 0 Å². The second kappa shape index (κ2) is 6.79. The highest BCUT2D eigenvalue weighted by Crippen LogP contribution is 2.22. The van der Waals surface area contributed by atoms with Crippen molar-refractivity contribution in [2.75, 3.05) is 30.8 Å². The van der Waals surface area contributed by atoms with Gasteiger partial charge in [0.05, 0.1) is 19.2 Å². The number of benzene rings is 1. The molecule has 1 aromatic carbocycles. The molecule has 0 heterocycles. The molecule has 6 heteroatoms. The predicted molar refractivity (Wildman–Crippen MR) is 78.4 cm³/mol. The molecule has 0 saturated heterocycles. The molecule has 1 rings (SSSR count).